The smallest absolute Gasteiger partial charge is 0.335 e. The van der Waals surface area contributed by atoms with Crippen molar-refractivity contribution in [2.24, 2.45) is 0 Å². The number of nitrogens with zero attached hydrogens (tertiary/aromatic N) is 1. The second-order valence-corrected chi connectivity index (χ2v) is 4.64. The summed E-state index contributed by atoms with van der Waals surface area (Å²) in [6.45, 7) is 7.82. The molecule has 6 heteroatoms. The number of hydrogen-bond donors (Lipinski definition) is 3. The van der Waals surface area contributed by atoms with E-state index in [9.17, 15) is 9.59 Å². The van der Waals surface area contributed by atoms with Gasteiger partial charge in [-0.05, 0) is 50.3 Å². The molecule has 0 atom stereocenters. The van der Waals surface area contributed by atoms with Crippen molar-refractivity contribution in [3.05, 3.63) is 29.8 Å². The molecule has 6 nitrogen and oxygen atoms in total. The molecule has 0 bridgehead atoms. The Labute approximate surface area is 125 Å². The number of carboxylic acids is 1. The fourth-order valence-corrected chi connectivity index (χ4v) is 1.92. The summed E-state index contributed by atoms with van der Waals surface area (Å²) < 4.78 is 0. The average Bonchev–Trinajstić information content (AvgIpc) is 2.48. The summed E-state index contributed by atoms with van der Waals surface area (Å²) in [7, 11) is 0. The number of urea groups is 1. The fraction of sp³-hybridized carbons (Fsp3) is 0.467. The van der Waals surface area contributed by atoms with E-state index in [0.717, 1.165) is 26.1 Å². The second-order valence-electron chi connectivity index (χ2n) is 4.64. The molecule has 0 unspecified atom stereocenters. The number of rotatable bonds is 8. The number of amides is 2. The zero-order valence-corrected chi connectivity index (χ0v) is 12.6. The summed E-state index contributed by atoms with van der Waals surface area (Å²) in [5, 5.41) is 14.2. The molecule has 1 rings (SSSR count). The van der Waals surface area contributed by atoms with E-state index in [1.165, 1.54) is 12.1 Å². The van der Waals surface area contributed by atoms with E-state index in [0.29, 0.717) is 12.2 Å². The molecular formula is C15H23N3O3. The number of anilines is 1. The number of carbonyl (C=O) groups is 2. The van der Waals surface area contributed by atoms with Crippen LogP contribution in [0.3, 0.4) is 0 Å². The zero-order chi connectivity index (χ0) is 15.7. The molecule has 1 aromatic rings. The van der Waals surface area contributed by atoms with Crippen LogP contribution in [0, 0.1) is 0 Å². The van der Waals surface area contributed by atoms with Gasteiger partial charge in [0.1, 0.15) is 0 Å². The Morgan fingerprint density at radius 2 is 1.76 bits per heavy atom. The minimum atomic E-state index is -0.984. The standard InChI is InChI=1S/C15H23N3O3/c1-3-18(4-2)11-5-10-16-15(21)17-13-8-6-12(7-9-13)14(19)20/h6-9H,3-5,10-11H2,1-2H3,(H,19,20)(H2,16,17,21). The Kier molecular flexibility index (Phi) is 7.25. The van der Waals surface area contributed by atoms with Crippen LogP contribution in [0.4, 0.5) is 10.5 Å². The molecule has 0 saturated carbocycles. The molecule has 21 heavy (non-hydrogen) atoms. The third kappa shape index (κ3) is 6.27. The highest BCUT2D eigenvalue weighted by atomic mass is 16.4. The highest BCUT2D eigenvalue weighted by Crippen LogP contribution is 2.09. The lowest BCUT2D eigenvalue weighted by Crippen LogP contribution is -2.32. The van der Waals surface area contributed by atoms with Crippen molar-refractivity contribution in [2.45, 2.75) is 20.3 Å². The topological polar surface area (TPSA) is 81.7 Å². The molecule has 3 N–H and O–H groups in total. The maximum atomic E-state index is 11.7. The number of carbonyl (C=O) groups excluding carboxylic acids is 1. The Hall–Kier alpha value is -2.08. The molecule has 0 aromatic heterocycles. The fourth-order valence-electron chi connectivity index (χ4n) is 1.92. The Morgan fingerprint density at radius 1 is 1.14 bits per heavy atom. The van der Waals surface area contributed by atoms with Crippen LogP contribution in [-0.4, -0.2) is 48.2 Å². The van der Waals surface area contributed by atoms with Gasteiger partial charge in [-0.1, -0.05) is 13.8 Å². The highest BCUT2D eigenvalue weighted by molar-refractivity contribution is 5.91. The molecule has 0 saturated heterocycles. The van der Waals surface area contributed by atoms with Crippen LogP contribution in [0.25, 0.3) is 0 Å². The van der Waals surface area contributed by atoms with Crippen molar-refractivity contribution in [1.82, 2.24) is 10.2 Å². The molecule has 0 aliphatic heterocycles. The molecule has 0 spiro atoms. The van der Waals surface area contributed by atoms with Gasteiger partial charge in [-0.15, -0.1) is 0 Å². The number of hydrogen-bond acceptors (Lipinski definition) is 3. The van der Waals surface area contributed by atoms with Gasteiger partial charge < -0.3 is 20.6 Å². The van der Waals surface area contributed by atoms with Crippen molar-refractivity contribution >= 4 is 17.7 Å². The summed E-state index contributed by atoms with van der Waals surface area (Å²) in [6, 6.07) is 5.77. The summed E-state index contributed by atoms with van der Waals surface area (Å²) >= 11 is 0. The lowest BCUT2D eigenvalue weighted by molar-refractivity contribution is 0.0697. The van der Waals surface area contributed by atoms with Crippen LogP contribution < -0.4 is 10.6 Å². The van der Waals surface area contributed by atoms with E-state index < -0.39 is 5.97 Å². The number of carboxylic acid groups (broad SMARTS) is 1. The summed E-state index contributed by atoms with van der Waals surface area (Å²) in [6.07, 6.45) is 0.896. The molecule has 0 fully saturated rings. The summed E-state index contributed by atoms with van der Waals surface area (Å²) in [5.74, 6) is -0.984. The van der Waals surface area contributed by atoms with Gasteiger partial charge in [0.05, 0.1) is 5.56 Å². The highest BCUT2D eigenvalue weighted by Gasteiger charge is 2.04. The van der Waals surface area contributed by atoms with Crippen LogP contribution in [0.1, 0.15) is 30.6 Å². The van der Waals surface area contributed by atoms with E-state index in [4.69, 9.17) is 5.11 Å². The van der Waals surface area contributed by atoms with Crippen molar-refractivity contribution in [2.75, 3.05) is 31.5 Å². The lowest BCUT2D eigenvalue weighted by Gasteiger charge is -2.17. The van der Waals surface area contributed by atoms with Gasteiger partial charge in [0.15, 0.2) is 0 Å². The quantitative estimate of drug-likeness (QED) is 0.642. The number of nitrogens with one attached hydrogen (secondary N) is 2. The van der Waals surface area contributed by atoms with Gasteiger partial charge in [0.2, 0.25) is 0 Å². The van der Waals surface area contributed by atoms with Crippen LogP contribution in [0.2, 0.25) is 0 Å². The van der Waals surface area contributed by atoms with Crippen molar-refractivity contribution < 1.29 is 14.7 Å². The Bertz CT molecular complexity index is 456. The van der Waals surface area contributed by atoms with Crippen LogP contribution in [-0.2, 0) is 0 Å². The molecule has 0 aliphatic rings. The van der Waals surface area contributed by atoms with Gasteiger partial charge >= 0.3 is 12.0 Å². The van der Waals surface area contributed by atoms with Crippen LogP contribution in [0.5, 0.6) is 0 Å². The zero-order valence-electron chi connectivity index (χ0n) is 12.6. The van der Waals surface area contributed by atoms with Crippen molar-refractivity contribution in [3.8, 4) is 0 Å². The first kappa shape index (κ1) is 17.0. The Balaban J connectivity index is 2.29. The second kappa shape index (κ2) is 8.97. The number of aromatic carboxylic acids is 1. The predicted octanol–water partition coefficient (Wildman–Crippen LogP) is 2.24. The molecular weight excluding hydrogens is 270 g/mol. The third-order valence-electron chi connectivity index (χ3n) is 3.22. The predicted molar refractivity (Wildman–Crippen MR) is 82.8 cm³/mol. The van der Waals surface area contributed by atoms with Gasteiger partial charge in [-0.3, -0.25) is 0 Å². The minimum absolute atomic E-state index is 0.195. The number of benzene rings is 1. The molecule has 0 aliphatic carbocycles. The van der Waals surface area contributed by atoms with E-state index in [1.807, 2.05) is 0 Å². The van der Waals surface area contributed by atoms with Gasteiger partial charge in [0.25, 0.3) is 0 Å². The Morgan fingerprint density at radius 3 is 2.29 bits per heavy atom. The van der Waals surface area contributed by atoms with Crippen LogP contribution in [0.15, 0.2) is 24.3 Å². The largest absolute Gasteiger partial charge is 0.478 e. The van der Waals surface area contributed by atoms with E-state index in [1.54, 1.807) is 12.1 Å². The normalized spacial score (nSPS) is 10.4. The first-order valence-electron chi connectivity index (χ1n) is 7.17. The molecule has 2 amide bonds. The summed E-state index contributed by atoms with van der Waals surface area (Å²) in [4.78, 5) is 24.7. The van der Waals surface area contributed by atoms with Crippen molar-refractivity contribution in [3.63, 3.8) is 0 Å². The molecule has 116 valence electrons. The maximum Gasteiger partial charge on any atom is 0.335 e. The SMILES string of the molecule is CCN(CC)CCCNC(=O)Nc1ccc(C(=O)O)cc1. The first-order valence-corrected chi connectivity index (χ1v) is 7.17. The first-order chi connectivity index (χ1) is 10.1. The molecule has 1 aromatic carbocycles. The maximum absolute atomic E-state index is 11.7. The van der Waals surface area contributed by atoms with Gasteiger partial charge in [0, 0.05) is 12.2 Å². The van der Waals surface area contributed by atoms with Crippen LogP contribution >= 0.6 is 0 Å². The van der Waals surface area contributed by atoms with Gasteiger partial charge in [-0.2, -0.15) is 0 Å². The summed E-state index contributed by atoms with van der Waals surface area (Å²) in [5.41, 5.74) is 0.765. The van der Waals surface area contributed by atoms with E-state index in [2.05, 4.69) is 29.4 Å². The van der Waals surface area contributed by atoms with E-state index >= 15 is 0 Å². The molecule has 0 radical (unpaired) electrons. The van der Waals surface area contributed by atoms with E-state index in [-0.39, 0.29) is 11.6 Å². The minimum Gasteiger partial charge on any atom is -0.478 e. The monoisotopic (exact) mass is 293 g/mol. The van der Waals surface area contributed by atoms with Crippen molar-refractivity contribution in [1.29, 1.82) is 0 Å². The molecule has 0 heterocycles. The lowest BCUT2D eigenvalue weighted by atomic mass is 10.2. The van der Waals surface area contributed by atoms with Gasteiger partial charge in [-0.25, -0.2) is 9.59 Å². The average molecular weight is 293 g/mol. The third-order valence-corrected chi connectivity index (χ3v) is 3.22.